The topological polar surface area (TPSA) is 18.5 Å². The first kappa shape index (κ1) is 28.5. The van der Waals surface area contributed by atoms with Crippen molar-refractivity contribution in [3.05, 3.63) is 102 Å². The first-order chi connectivity index (χ1) is 19.0. The van der Waals surface area contributed by atoms with Crippen molar-refractivity contribution in [1.29, 1.82) is 0 Å². The summed E-state index contributed by atoms with van der Waals surface area (Å²) in [5, 5.41) is 0. The van der Waals surface area contributed by atoms with Crippen LogP contribution in [0.1, 0.15) is 63.0 Å². The van der Waals surface area contributed by atoms with E-state index in [1.54, 1.807) is 48.5 Å². The molecule has 0 saturated heterocycles. The zero-order chi connectivity index (χ0) is 27.6. The van der Waals surface area contributed by atoms with Gasteiger partial charge < -0.3 is 9.47 Å². The molecule has 39 heavy (non-hydrogen) atoms. The second kappa shape index (κ2) is 14.1. The summed E-state index contributed by atoms with van der Waals surface area (Å²) < 4.78 is 55.5. The molecule has 3 aromatic rings. The fourth-order valence-electron chi connectivity index (χ4n) is 4.91. The van der Waals surface area contributed by atoms with Gasteiger partial charge in [0.15, 0.2) is 23.2 Å². The molecule has 0 radical (unpaired) electrons. The third-order valence-electron chi connectivity index (χ3n) is 7.32. The van der Waals surface area contributed by atoms with Crippen LogP contribution >= 0.6 is 0 Å². The van der Waals surface area contributed by atoms with Crippen LogP contribution in [0.2, 0.25) is 0 Å². The maximum absolute atomic E-state index is 15.0. The van der Waals surface area contributed by atoms with Crippen molar-refractivity contribution in [2.45, 2.75) is 58.3 Å². The molecular weight excluding hydrogens is 497 g/mol. The lowest BCUT2D eigenvalue weighted by Crippen LogP contribution is -2.08. The third kappa shape index (κ3) is 7.56. The summed E-state index contributed by atoms with van der Waals surface area (Å²) in [6.07, 6.45) is 10.4. The molecule has 0 fully saturated rings. The van der Waals surface area contributed by atoms with Gasteiger partial charge in [-0.1, -0.05) is 55.8 Å². The monoisotopic (exact) mass is 534 g/mol. The van der Waals surface area contributed by atoms with Crippen molar-refractivity contribution in [3.8, 4) is 22.6 Å². The molecule has 1 atom stereocenters. The van der Waals surface area contributed by atoms with Gasteiger partial charge in [-0.15, -0.1) is 6.58 Å². The maximum Gasteiger partial charge on any atom is 0.166 e. The van der Waals surface area contributed by atoms with Gasteiger partial charge in [0.05, 0.1) is 13.2 Å². The lowest BCUT2D eigenvalue weighted by Gasteiger charge is -2.22. The molecular formula is C34H37F3O2. The number of aryl methyl sites for hydroxylation is 1. The smallest absolute Gasteiger partial charge is 0.166 e. The summed E-state index contributed by atoms with van der Waals surface area (Å²) in [7, 11) is 0. The highest BCUT2D eigenvalue weighted by Gasteiger charge is 2.19. The predicted octanol–water partition coefficient (Wildman–Crippen LogP) is 9.72. The Morgan fingerprint density at radius 3 is 2.41 bits per heavy atom. The molecule has 1 aliphatic rings. The number of hydrogen-bond acceptors (Lipinski definition) is 2. The average molecular weight is 535 g/mol. The molecule has 1 unspecified atom stereocenters. The van der Waals surface area contributed by atoms with E-state index in [1.807, 2.05) is 6.07 Å². The summed E-state index contributed by atoms with van der Waals surface area (Å²) in [5.74, 6) is -0.585. The van der Waals surface area contributed by atoms with Gasteiger partial charge in [0.1, 0.15) is 5.75 Å². The lowest BCUT2D eigenvalue weighted by molar-refractivity contribution is 0.308. The molecule has 1 aliphatic carbocycles. The maximum atomic E-state index is 15.0. The Morgan fingerprint density at radius 1 is 0.923 bits per heavy atom. The van der Waals surface area contributed by atoms with Crippen molar-refractivity contribution < 1.29 is 22.6 Å². The summed E-state index contributed by atoms with van der Waals surface area (Å²) >= 11 is 0. The second-order valence-electron chi connectivity index (χ2n) is 10.1. The van der Waals surface area contributed by atoms with Crippen molar-refractivity contribution in [2.75, 3.05) is 13.2 Å². The Kier molecular flexibility index (Phi) is 10.3. The van der Waals surface area contributed by atoms with E-state index in [1.165, 1.54) is 6.07 Å². The normalized spacial score (nSPS) is 15.1. The molecule has 0 amide bonds. The van der Waals surface area contributed by atoms with E-state index < -0.39 is 11.6 Å². The van der Waals surface area contributed by atoms with Crippen molar-refractivity contribution >= 4 is 5.57 Å². The number of rotatable bonds is 13. The van der Waals surface area contributed by atoms with Crippen LogP contribution in [-0.2, 0) is 6.42 Å². The van der Waals surface area contributed by atoms with Gasteiger partial charge in [0.2, 0.25) is 0 Å². The van der Waals surface area contributed by atoms with E-state index in [-0.39, 0.29) is 17.1 Å². The van der Waals surface area contributed by atoms with E-state index in [0.717, 1.165) is 55.4 Å². The average Bonchev–Trinajstić information content (AvgIpc) is 2.96. The van der Waals surface area contributed by atoms with Gasteiger partial charge in [-0.05, 0) is 97.4 Å². The molecule has 0 saturated carbocycles. The third-order valence-corrected chi connectivity index (χ3v) is 7.32. The van der Waals surface area contributed by atoms with Crippen molar-refractivity contribution in [1.82, 2.24) is 0 Å². The van der Waals surface area contributed by atoms with Crippen LogP contribution in [0.5, 0.6) is 11.5 Å². The first-order valence-electron chi connectivity index (χ1n) is 13.9. The highest BCUT2D eigenvalue weighted by Crippen LogP contribution is 2.35. The highest BCUT2D eigenvalue weighted by atomic mass is 19.2. The van der Waals surface area contributed by atoms with Gasteiger partial charge >= 0.3 is 0 Å². The van der Waals surface area contributed by atoms with Crippen LogP contribution in [0.15, 0.2) is 73.3 Å². The Bertz CT molecular complexity index is 1280. The zero-order valence-corrected chi connectivity index (χ0v) is 22.7. The van der Waals surface area contributed by atoms with Crippen LogP contribution in [0.3, 0.4) is 0 Å². The second-order valence-corrected chi connectivity index (χ2v) is 10.1. The SMILES string of the molecule is C=CCCOc1ccc(C2=CCC(CCc3ccc(-c4ccc(OCCCC)cc4)c(F)c3F)CC2)cc1F. The molecule has 4 rings (SSSR count). The van der Waals surface area contributed by atoms with E-state index in [0.29, 0.717) is 43.1 Å². The summed E-state index contributed by atoms with van der Waals surface area (Å²) in [6, 6.07) is 15.6. The minimum Gasteiger partial charge on any atom is -0.494 e. The minimum atomic E-state index is -0.808. The molecule has 0 N–H and O–H groups in total. The Hall–Kier alpha value is -3.47. The highest BCUT2D eigenvalue weighted by molar-refractivity contribution is 5.67. The summed E-state index contributed by atoms with van der Waals surface area (Å²) in [5.41, 5.74) is 3.27. The molecule has 5 heteroatoms. The molecule has 0 spiro atoms. The molecule has 0 bridgehead atoms. The van der Waals surface area contributed by atoms with E-state index in [4.69, 9.17) is 9.47 Å². The van der Waals surface area contributed by atoms with Crippen LogP contribution in [0, 0.1) is 23.4 Å². The lowest BCUT2D eigenvalue weighted by atomic mass is 9.83. The number of hydrogen-bond donors (Lipinski definition) is 0. The molecule has 0 aliphatic heterocycles. The Morgan fingerprint density at radius 2 is 1.72 bits per heavy atom. The fraction of sp³-hybridized carbons (Fsp3) is 0.353. The van der Waals surface area contributed by atoms with Gasteiger partial charge in [-0.3, -0.25) is 0 Å². The summed E-state index contributed by atoms with van der Waals surface area (Å²) in [4.78, 5) is 0. The largest absolute Gasteiger partial charge is 0.494 e. The van der Waals surface area contributed by atoms with Gasteiger partial charge in [-0.2, -0.15) is 0 Å². The standard InChI is InChI=1S/C34H37F3O2/c1-3-5-21-38-29-17-13-26(14-18-29)30-19-15-27(33(36)34(30)37)12-9-24-7-10-25(11-8-24)28-16-20-32(31(35)23-28)39-22-6-4-2/h4,10,13-20,23-24H,2-3,5-9,11-12,21-22H2,1H3. The van der Waals surface area contributed by atoms with Gasteiger partial charge in [-0.25, -0.2) is 13.2 Å². The van der Waals surface area contributed by atoms with E-state index >= 15 is 0 Å². The van der Waals surface area contributed by atoms with Crippen LogP contribution in [0.4, 0.5) is 13.2 Å². The van der Waals surface area contributed by atoms with Gasteiger partial charge in [0, 0.05) is 5.56 Å². The van der Waals surface area contributed by atoms with Crippen molar-refractivity contribution in [2.24, 2.45) is 5.92 Å². The van der Waals surface area contributed by atoms with E-state index in [9.17, 15) is 13.2 Å². The molecule has 3 aromatic carbocycles. The van der Waals surface area contributed by atoms with Crippen LogP contribution < -0.4 is 9.47 Å². The fourth-order valence-corrected chi connectivity index (χ4v) is 4.91. The molecule has 0 heterocycles. The number of halogens is 3. The number of allylic oxidation sites excluding steroid dienone is 2. The molecule has 206 valence electrons. The minimum absolute atomic E-state index is 0.253. The quantitative estimate of drug-likeness (QED) is 0.161. The van der Waals surface area contributed by atoms with Gasteiger partial charge in [0.25, 0.3) is 0 Å². The summed E-state index contributed by atoms with van der Waals surface area (Å²) in [6.45, 7) is 6.78. The molecule has 2 nitrogen and oxygen atoms in total. The Balaban J connectivity index is 1.33. The van der Waals surface area contributed by atoms with E-state index in [2.05, 4.69) is 19.6 Å². The Labute approximate surface area is 230 Å². The number of benzene rings is 3. The predicted molar refractivity (Wildman–Crippen MR) is 153 cm³/mol. The number of unbranched alkanes of at least 4 members (excludes halogenated alkanes) is 1. The first-order valence-corrected chi connectivity index (χ1v) is 13.9. The molecule has 0 aromatic heterocycles. The van der Waals surface area contributed by atoms with Crippen molar-refractivity contribution in [3.63, 3.8) is 0 Å². The van der Waals surface area contributed by atoms with Crippen LogP contribution in [-0.4, -0.2) is 13.2 Å². The van der Waals surface area contributed by atoms with Crippen LogP contribution in [0.25, 0.3) is 16.7 Å². The number of ether oxygens (including phenoxy) is 2. The zero-order valence-electron chi connectivity index (χ0n) is 22.7.